The highest BCUT2D eigenvalue weighted by Gasteiger charge is 2.23. The Morgan fingerprint density at radius 3 is 2.27 bits per heavy atom. The molecule has 0 aromatic heterocycles. The Morgan fingerprint density at radius 2 is 2.00 bits per heavy atom. The van der Waals surface area contributed by atoms with E-state index in [1.165, 1.54) is 0 Å². The molecule has 0 unspecified atom stereocenters. The Balaban J connectivity index is 4.04. The Morgan fingerprint density at radius 1 is 1.55 bits per heavy atom. The predicted octanol–water partition coefficient (Wildman–Crippen LogP) is 0.517. The summed E-state index contributed by atoms with van der Waals surface area (Å²) in [6.07, 6.45) is -4.33. The maximum absolute atomic E-state index is 11.3. The van der Waals surface area contributed by atoms with Crippen LogP contribution in [0.3, 0.4) is 0 Å². The van der Waals surface area contributed by atoms with Gasteiger partial charge in [-0.3, -0.25) is 4.79 Å². The van der Waals surface area contributed by atoms with Gasteiger partial charge < -0.3 is 10.8 Å². The Bertz CT molecular complexity index is 175. The van der Waals surface area contributed by atoms with E-state index in [4.69, 9.17) is 10.8 Å². The third-order valence-electron chi connectivity index (χ3n) is 0.778. The van der Waals surface area contributed by atoms with Crippen molar-refractivity contribution in [2.45, 2.75) is 12.2 Å². The van der Waals surface area contributed by atoms with Gasteiger partial charge in [0.25, 0.3) is 0 Å². The van der Waals surface area contributed by atoms with Crippen LogP contribution < -0.4 is 5.73 Å². The fourth-order valence-corrected chi connectivity index (χ4v) is 0.295. The van der Waals surface area contributed by atoms with Crippen LogP contribution in [0.5, 0.6) is 0 Å². The summed E-state index contributed by atoms with van der Waals surface area (Å²) >= 11 is 0. The lowest BCUT2D eigenvalue weighted by atomic mass is 10.3. The van der Waals surface area contributed by atoms with Gasteiger partial charge in [-0.1, -0.05) is 6.08 Å². The average Bonchev–Trinajstić information content (AvgIpc) is 1.80. The highest BCUT2D eigenvalue weighted by Crippen LogP contribution is 2.15. The highest BCUT2D eigenvalue weighted by molar-refractivity contribution is 5.75. The largest absolute Gasteiger partial charge is 0.480 e. The van der Waals surface area contributed by atoms with Gasteiger partial charge >= 0.3 is 12.1 Å². The van der Waals surface area contributed by atoms with Crippen LogP contribution in [0.25, 0.3) is 0 Å². The van der Waals surface area contributed by atoms with Crippen LogP contribution in [0.1, 0.15) is 0 Å². The number of carboxylic acids is 1. The first-order valence-corrected chi connectivity index (χ1v) is 2.57. The van der Waals surface area contributed by atoms with Crippen molar-refractivity contribution in [3.63, 3.8) is 0 Å². The first-order valence-electron chi connectivity index (χ1n) is 2.57. The number of halogens is 3. The molecule has 3 N–H and O–H groups in total. The van der Waals surface area contributed by atoms with E-state index in [1.54, 1.807) is 0 Å². The van der Waals surface area contributed by atoms with E-state index in [0.717, 1.165) is 0 Å². The zero-order valence-electron chi connectivity index (χ0n) is 5.30. The maximum Gasteiger partial charge on any atom is 0.409 e. The van der Waals surface area contributed by atoms with Gasteiger partial charge in [-0.2, -0.15) is 13.2 Å². The van der Waals surface area contributed by atoms with Crippen molar-refractivity contribution in [3.05, 3.63) is 12.2 Å². The molecular weight excluding hydrogens is 163 g/mol. The molecule has 0 saturated heterocycles. The summed E-state index contributed by atoms with van der Waals surface area (Å²) in [6.45, 7) is 0. The number of hydrogen-bond acceptors (Lipinski definition) is 2. The van der Waals surface area contributed by atoms with E-state index in [2.05, 4.69) is 0 Å². The fraction of sp³-hybridized carbons (Fsp3) is 0.400. The Hall–Kier alpha value is -1.04. The smallest absolute Gasteiger partial charge is 0.409 e. The Labute approximate surface area is 60.3 Å². The predicted molar refractivity (Wildman–Crippen MR) is 30.8 cm³/mol. The van der Waals surface area contributed by atoms with Gasteiger partial charge in [-0.05, 0) is 0 Å². The molecule has 0 saturated carbocycles. The molecule has 0 bridgehead atoms. The number of carbonyl (C=O) groups is 1. The minimum absolute atomic E-state index is 0.203. The molecule has 0 rings (SSSR count). The minimum Gasteiger partial charge on any atom is -0.480 e. The standard InChI is InChI=1S/C5H6F3NO2/c6-5(7,8)2-1-3(9)4(10)11/h1-3H,9H2,(H,10,11)/b2-1+/t3-/m0/s1. The topological polar surface area (TPSA) is 63.3 Å². The average molecular weight is 169 g/mol. The van der Waals surface area contributed by atoms with Crippen LogP contribution in [0, 0.1) is 0 Å². The number of aliphatic carboxylic acids is 1. The zero-order chi connectivity index (χ0) is 9.07. The quantitative estimate of drug-likeness (QED) is 0.592. The van der Waals surface area contributed by atoms with Crippen LogP contribution in [0.4, 0.5) is 13.2 Å². The lowest BCUT2D eigenvalue weighted by Gasteiger charge is -2.00. The van der Waals surface area contributed by atoms with E-state index in [1.807, 2.05) is 0 Å². The molecule has 0 aromatic carbocycles. The van der Waals surface area contributed by atoms with Crippen molar-refractivity contribution in [3.8, 4) is 0 Å². The second-order valence-corrected chi connectivity index (χ2v) is 1.76. The molecule has 3 nitrogen and oxygen atoms in total. The van der Waals surface area contributed by atoms with Crippen LogP contribution >= 0.6 is 0 Å². The van der Waals surface area contributed by atoms with Gasteiger partial charge in [-0.25, -0.2) is 0 Å². The van der Waals surface area contributed by atoms with Gasteiger partial charge in [0.15, 0.2) is 0 Å². The van der Waals surface area contributed by atoms with Crippen molar-refractivity contribution in [1.29, 1.82) is 0 Å². The summed E-state index contributed by atoms with van der Waals surface area (Å²) in [5.74, 6) is -1.49. The molecule has 0 spiro atoms. The molecule has 6 heteroatoms. The van der Waals surface area contributed by atoms with Gasteiger partial charge in [0.05, 0.1) is 0 Å². The Kier molecular flexibility index (Phi) is 3.06. The van der Waals surface area contributed by atoms with Gasteiger partial charge in [0.2, 0.25) is 0 Å². The molecule has 0 aromatic rings. The molecule has 0 heterocycles. The summed E-state index contributed by atoms with van der Waals surface area (Å²) in [6, 6.07) is -1.60. The molecule has 0 aliphatic rings. The number of rotatable bonds is 2. The first kappa shape index (κ1) is 9.96. The molecule has 1 atom stereocenters. The molecular formula is C5H6F3NO2. The highest BCUT2D eigenvalue weighted by atomic mass is 19.4. The molecule has 64 valence electrons. The summed E-state index contributed by atoms with van der Waals surface area (Å²) in [7, 11) is 0. The minimum atomic E-state index is -4.51. The van der Waals surface area contributed by atoms with Crippen LogP contribution in [0.15, 0.2) is 12.2 Å². The number of carboxylic acid groups (broad SMARTS) is 1. The van der Waals surface area contributed by atoms with Crippen LogP contribution in [0.2, 0.25) is 0 Å². The normalized spacial score (nSPS) is 15.3. The van der Waals surface area contributed by atoms with Crippen molar-refractivity contribution in [1.82, 2.24) is 0 Å². The molecule has 0 radical (unpaired) electrons. The monoisotopic (exact) mass is 169 g/mol. The molecule has 0 aliphatic carbocycles. The van der Waals surface area contributed by atoms with Crippen molar-refractivity contribution >= 4 is 5.97 Å². The van der Waals surface area contributed by atoms with E-state index < -0.39 is 18.2 Å². The fourth-order valence-electron chi connectivity index (χ4n) is 0.295. The maximum atomic E-state index is 11.3. The van der Waals surface area contributed by atoms with E-state index in [0.29, 0.717) is 6.08 Å². The van der Waals surface area contributed by atoms with Gasteiger partial charge in [-0.15, -0.1) is 0 Å². The number of hydrogen-bond donors (Lipinski definition) is 2. The second kappa shape index (κ2) is 3.38. The van der Waals surface area contributed by atoms with Crippen LogP contribution in [-0.4, -0.2) is 23.3 Å². The van der Waals surface area contributed by atoms with E-state index >= 15 is 0 Å². The molecule has 11 heavy (non-hydrogen) atoms. The second-order valence-electron chi connectivity index (χ2n) is 1.76. The van der Waals surface area contributed by atoms with Crippen LogP contribution in [-0.2, 0) is 4.79 Å². The van der Waals surface area contributed by atoms with E-state index in [9.17, 15) is 18.0 Å². The lowest BCUT2D eigenvalue weighted by Crippen LogP contribution is -2.28. The summed E-state index contributed by atoms with van der Waals surface area (Å²) < 4.78 is 34.0. The molecule has 0 aliphatic heterocycles. The van der Waals surface area contributed by atoms with E-state index in [-0.39, 0.29) is 6.08 Å². The molecule has 0 fully saturated rings. The summed E-state index contributed by atoms with van der Waals surface area (Å²) in [5, 5.41) is 8.04. The summed E-state index contributed by atoms with van der Waals surface area (Å²) in [5.41, 5.74) is 4.74. The number of alkyl halides is 3. The van der Waals surface area contributed by atoms with Crippen molar-refractivity contribution in [2.24, 2.45) is 5.73 Å². The van der Waals surface area contributed by atoms with Gasteiger partial charge in [0, 0.05) is 6.08 Å². The van der Waals surface area contributed by atoms with Crippen molar-refractivity contribution < 1.29 is 23.1 Å². The van der Waals surface area contributed by atoms with Gasteiger partial charge in [0.1, 0.15) is 6.04 Å². The third-order valence-corrected chi connectivity index (χ3v) is 0.778. The van der Waals surface area contributed by atoms with Crippen molar-refractivity contribution in [2.75, 3.05) is 0 Å². The third kappa shape index (κ3) is 5.41. The SMILES string of the molecule is N[C@@H](/C=C/C(F)(F)F)C(=O)O. The first-order chi connectivity index (χ1) is 4.83. The molecule has 0 amide bonds. The number of nitrogens with two attached hydrogens (primary N) is 1. The number of allylic oxidation sites excluding steroid dienone is 1. The summed E-state index contributed by atoms with van der Waals surface area (Å²) in [4.78, 5) is 9.87. The zero-order valence-corrected chi connectivity index (χ0v) is 5.30. The lowest BCUT2D eigenvalue weighted by molar-refractivity contribution is -0.137.